The van der Waals surface area contributed by atoms with Gasteiger partial charge in [0.15, 0.2) is 11.6 Å². The molecular weight excluding hydrogens is 207 g/mol. The van der Waals surface area contributed by atoms with Crippen molar-refractivity contribution in [1.82, 2.24) is 4.90 Å². The SMILES string of the molecule is CN(C)Cc1cc(F)c(O)c(C2(N)CC2)c1. The van der Waals surface area contributed by atoms with Crippen LogP contribution in [0.4, 0.5) is 4.39 Å². The normalized spacial score (nSPS) is 17.8. The summed E-state index contributed by atoms with van der Waals surface area (Å²) in [5.41, 5.74) is 6.88. The number of halogens is 1. The maximum absolute atomic E-state index is 13.5. The van der Waals surface area contributed by atoms with Crippen LogP contribution in [0.25, 0.3) is 0 Å². The molecule has 1 aliphatic carbocycles. The van der Waals surface area contributed by atoms with E-state index in [9.17, 15) is 9.50 Å². The second kappa shape index (κ2) is 3.71. The van der Waals surface area contributed by atoms with Crippen molar-refractivity contribution in [3.05, 3.63) is 29.1 Å². The summed E-state index contributed by atoms with van der Waals surface area (Å²) in [4.78, 5) is 1.95. The maximum Gasteiger partial charge on any atom is 0.165 e. The molecule has 0 unspecified atom stereocenters. The minimum Gasteiger partial charge on any atom is -0.505 e. The average molecular weight is 224 g/mol. The quantitative estimate of drug-likeness (QED) is 0.818. The van der Waals surface area contributed by atoms with Crippen molar-refractivity contribution in [2.75, 3.05) is 14.1 Å². The van der Waals surface area contributed by atoms with Crippen molar-refractivity contribution in [3.8, 4) is 5.75 Å². The Morgan fingerprint density at radius 2 is 2.06 bits per heavy atom. The molecule has 0 atom stereocenters. The highest BCUT2D eigenvalue weighted by Gasteiger charge is 2.42. The van der Waals surface area contributed by atoms with Crippen molar-refractivity contribution < 1.29 is 9.50 Å². The minimum atomic E-state index is -0.578. The van der Waals surface area contributed by atoms with Crippen LogP contribution in [0, 0.1) is 5.82 Å². The topological polar surface area (TPSA) is 49.5 Å². The lowest BCUT2D eigenvalue weighted by Gasteiger charge is -2.16. The molecule has 3 N–H and O–H groups in total. The third-order valence-electron chi connectivity index (χ3n) is 2.95. The van der Waals surface area contributed by atoms with Gasteiger partial charge < -0.3 is 15.7 Å². The summed E-state index contributed by atoms with van der Waals surface area (Å²) in [6, 6.07) is 3.18. The van der Waals surface area contributed by atoms with Crippen LogP contribution in [0.2, 0.25) is 0 Å². The first-order valence-electron chi connectivity index (χ1n) is 5.38. The van der Waals surface area contributed by atoms with Crippen LogP contribution >= 0.6 is 0 Å². The molecule has 1 fully saturated rings. The highest BCUT2D eigenvalue weighted by atomic mass is 19.1. The molecule has 3 nitrogen and oxygen atoms in total. The predicted molar refractivity (Wildman–Crippen MR) is 60.6 cm³/mol. The van der Waals surface area contributed by atoms with Crippen molar-refractivity contribution in [2.24, 2.45) is 5.73 Å². The molecule has 1 aliphatic rings. The fraction of sp³-hybridized carbons (Fsp3) is 0.500. The summed E-state index contributed by atoms with van der Waals surface area (Å²) < 4.78 is 13.5. The van der Waals surface area contributed by atoms with Gasteiger partial charge in [-0.1, -0.05) is 0 Å². The summed E-state index contributed by atoms with van der Waals surface area (Å²) in [6.45, 7) is 0.639. The highest BCUT2D eigenvalue weighted by molar-refractivity contribution is 5.44. The van der Waals surface area contributed by atoms with Crippen molar-refractivity contribution in [3.63, 3.8) is 0 Å². The summed E-state index contributed by atoms with van der Waals surface area (Å²) in [6.07, 6.45) is 1.62. The number of aromatic hydroxyl groups is 1. The molecule has 0 aromatic heterocycles. The molecule has 0 bridgehead atoms. The van der Waals surface area contributed by atoms with Gasteiger partial charge in [0, 0.05) is 17.6 Å². The van der Waals surface area contributed by atoms with Gasteiger partial charge in [0.2, 0.25) is 0 Å². The molecule has 88 valence electrons. The van der Waals surface area contributed by atoms with E-state index in [4.69, 9.17) is 5.73 Å². The van der Waals surface area contributed by atoms with E-state index in [0.29, 0.717) is 12.1 Å². The molecule has 16 heavy (non-hydrogen) atoms. The number of rotatable bonds is 3. The van der Waals surface area contributed by atoms with Gasteiger partial charge in [0.25, 0.3) is 0 Å². The van der Waals surface area contributed by atoms with E-state index < -0.39 is 11.4 Å². The first-order chi connectivity index (χ1) is 7.42. The van der Waals surface area contributed by atoms with Crippen LogP contribution in [0.5, 0.6) is 5.75 Å². The second-order valence-electron chi connectivity index (χ2n) is 4.87. The standard InChI is InChI=1S/C12H17FN2O/c1-15(2)7-8-5-9(12(14)3-4-12)11(16)10(13)6-8/h5-6,16H,3-4,7,14H2,1-2H3. The number of phenolic OH excluding ortho intramolecular Hbond substituents is 1. The smallest absolute Gasteiger partial charge is 0.165 e. The molecule has 1 aromatic carbocycles. The van der Waals surface area contributed by atoms with Gasteiger partial charge in [-0.25, -0.2) is 4.39 Å². The first kappa shape index (κ1) is 11.4. The van der Waals surface area contributed by atoms with Gasteiger partial charge in [-0.15, -0.1) is 0 Å². The first-order valence-corrected chi connectivity index (χ1v) is 5.38. The Morgan fingerprint density at radius 1 is 1.44 bits per heavy atom. The summed E-state index contributed by atoms with van der Waals surface area (Å²) in [5, 5.41) is 9.66. The number of nitrogens with zero attached hydrogens (tertiary/aromatic N) is 1. The van der Waals surface area contributed by atoms with Crippen LogP contribution in [0.15, 0.2) is 12.1 Å². The lowest BCUT2D eigenvalue weighted by Crippen LogP contribution is -2.20. The van der Waals surface area contributed by atoms with Gasteiger partial charge in [-0.2, -0.15) is 0 Å². The monoisotopic (exact) mass is 224 g/mol. The molecule has 0 saturated heterocycles. The number of nitrogens with two attached hydrogens (primary N) is 1. The summed E-state index contributed by atoms with van der Waals surface area (Å²) >= 11 is 0. The van der Waals surface area contributed by atoms with E-state index in [-0.39, 0.29) is 5.75 Å². The van der Waals surface area contributed by atoms with E-state index in [2.05, 4.69) is 0 Å². The largest absolute Gasteiger partial charge is 0.505 e. The van der Waals surface area contributed by atoms with Gasteiger partial charge in [0.05, 0.1) is 0 Å². The van der Waals surface area contributed by atoms with Crippen LogP contribution in [-0.4, -0.2) is 24.1 Å². The maximum atomic E-state index is 13.5. The molecule has 0 aliphatic heterocycles. The fourth-order valence-corrected chi connectivity index (χ4v) is 1.90. The summed E-state index contributed by atoms with van der Waals surface area (Å²) in [5.74, 6) is -0.867. The number of benzene rings is 1. The number of hydrogen-bond donors (Lipinski definition) is 2. The van der Waals surface area contributed by atoms with Crippen molar-refractivity contribution in [2.45, 2.75) is 24.9 Å². The Kier molecular flexibility index (Phi) is 2.64. The third kappa shape index (κ3) is 2.03. The van der Waals surface area contributed by atoms with Crippen LogP contribution in [0.1, 0.15) is 24.0 Å². The molecule has 4 heteroatoms. The fourth-order valence-electron chi connectivity index (χ4n) is 1.90. The van der Waals surface area contributed by atoms with E-state index >= 15 is 0 Å². The van der Waals surface area contributed by atoms with E-state index in [0.717, 1.165) is 18.4 Å². The van der Waals surface area contributed by atoms with Crippen LogP contribution in [0.3, 0.4) is 0 Å². The molecular formula is C12H17FN2O. The average Bonchev–Trinajstić information content (AvgIpc) is 2.90. The lowest BCUT2D eigenvalue weighted by atomic mass is 10.0. The minimum absolute atomic E-state index is 0.289. The summed E-state index contributed by atoms with van der Waals surface area (Å²) in [7, 11) is 3.83. The van der Waals surface area contributed by atoms with Gasteiger partial charge >= 0.3 is 0 Å². The van der Waals surface area contributed by atoms with Gasteiger partial charge in [0.1, 0.15) is 0 Å². The van der Waals surface area contributed by atoms with Gasteiger partial charge in [-0.05, 0) is 44.6 Å². The molecule has 2 rings (SSSR count). The Hall–Kier alpha value is -1.13. The number of phenols is 1. The molecule has 1 saturated carbocycles. The van der Waals surface area contributed by atoms with Crippen molar-refractivity contribution in [1.29, 1.82) is 0 Å². The second-order valence-corrected chi connectivity index (χ2v) is 4.87. The molecule has 0 amide bonds. The highest BCUT2D eigenvalue weighted by Crippen LogP contribution is 2.47. The zero-order chi connectivity index (χ0) is 11.9. The molecule has 1 aromatic rings. The number of hydrogen-bond acceptors (Lipinski definition) is 3. The lowest BCUT2D eigenvalue weighted by molar-refractivity contribution is 0.394. The third-order valence-corrected chi connectivity index (χ3v) is 2.95. The predicted octanol–water partition coefficient (Wildman–Crippen LogP) is 1.54. The molecule has 0 spiro atoms. The van der Waals surface area contributed by atoms with Crippen molar-refractivity contribution >= 4 is 0 Å². The van der Waals surface area contributed by atoms with E-state index in [1.54, 1.807) is 0 Å². The van der Waals surface area contributed by atoms with E-state index in [1.807, 2.05) is 25.1 Å². The van der Waals surface area contributed by atoms with Crippen LogP contribution < -0.4 is 5.73 Å². The van der Waals surface area contributed by atoms with E-state index in [1.165, 1.54) is 6.07 Å². The molecule has 0 heterocycles. The zero-order valence-electron chi connectivity index (χ0n) is 9.63. The Labute approximate surface area is 94.7 Å². The Balaban J connectivity index is 2.40. The Morgan fingerprint density at radius 3 is 2.56 bits per heavy atom. The van der Waals surface area contributed by atoms with Gasteiger partial charge in [-0.3, -0.25) is 0 Å². The molecule has 0 radical (unpaired) electrons. The zero-order valence-corrected chi connectivity index (χ0v) is 9.63. The van der Waals surface area contributed by atoms with Crippen LogP contribution in [-0.2, 0) is 12.1 Å². The Bertz CT molecular complexity index is 414.